The summed E-state index contributed by atoms with van der Waals surface area (Å²) in [6.45, 7) is 4.79. The average Bonchev–Trinajstić information content (AvgIpc) is 3.47. The van der Waals surface area contributed by atoms with Crippen molar-refractivity contribution in [3.63, 3.8) is 0 Å². The van der Waals surface area contributed by atoms with Crippen LogP contribution in [0.4, 0.5) is 5.13 Å². The molecule has 0 bridgehead atoms. The highest BCUT2D eigenvalue weighted by atomic mass is 35.5. The van der Waals surface area contributed by atoms with E-state index in [9.17, 15) is 14.4 Å². The quantitative estimate of drug-likeness (QED) is 0.693. The van der Waals surface area contributed by atoms with Gasteiger partial charge in [0, 0.05) is 55.2 Å². The fourth-order valence-corrected chi connectivity index (χ4v) is 4.73. The number of carbonyl (C=O) groups excluding carboxylic acids is 3. The number of nitrogens with zero attached hydrogens (tertiary/aromatic N) is 4. The Morgan fingerprint density at radius 1 is 0.938 bits per heavy atom. The number of nitrogens with one attached hydrogen (secondary N) is 1. The van der Waals surface area contributed by atoms with E-state index >= 15 is 0 Å². The van der Waals surface area contributed by atoms with Gasteiger partial charge in [0.05, 0.1) is 18.7 Å². The molecule has 4 rings (SSSR count). The minimum Gasteiger partial charge on any atom is -0.342 e. The Kier molecular flexibility index (Phi) is 7.39. The van der Waals surface area contributed by atoms with E-state index in [4.69, 9.17) is 11.6 Å². The summed E-state index contributed by atoms with van der Waals surface area (Å²) in [5, 5.41) is 5.57. The van der Waals surface area contributed by atoms with Gasteiger partial charge in [-0.1, -0.05) is 11.6 Å². The molecule has 3 heterocycles. The normalized spacial score (nSPS) is 16.9. The molecule has 2 saturated heterocycles. The predicted octanol–water partition coefficient (Wildman–Crippen LogP) is 2.36. The predicted molar refractivity (Wildman–Crippen MR) is 124 cm³/mol. The van der Waals surface area contributed by atoms with Crippen LogP contribution in [0.3, 0.4) is 0 Å². The number of halogens is 1. The first-order valence-corrected chi connectivity index (χ1v) is 12.0. The van der Waals surface area contributed by atoms with Crippen LogP contribution < -0.4 is 5.32 Å². The first-order chi connectivity index (χ1) is 15.5. The van der Waals surface area contributed by atoms with Crippen molar-refractivity contribution in [1.82, 2.24) is 19.7 Å². The van der Waals surface area contributed by atoms with E-state index in [1.165, 1.54) is 11.3 Å². The molecule has 0 saturated carbocycles. The van der Waals surface area contributed by atoms with E-state index in [-0.39, 0.29) is 24.1 Å². The van der Waals surface area contributed by atoms with Crippen LogP contribution >= 0.6 is 22.9 Å². The Hall–Kier alpha value is -2.49. The molecule has 1 aromatic carbocycles. The van der Waals surface area contributed by atoms with E-state index in [1.807, 2.05) is 9.80 Å². The number of aromatic nitrogens is 1. The van der Waals surface area contributed by atoms with Gasteiger partial charge in [0.2, 0.25) is 11.8 Å². The fraction of sp³-hybridized carbons (Fsp3) is 0.455. The Morgan fingerprint density at radius 2 is 1.59 bits per heavy atom. The number of rotatable bonds is 6. The van der Waals surface area contributed by atoms with Crippen LogP contribution in [0.5, 0.6) is 0 Å². The summed E-state index contributed by atoms with van der Waals surface area (Å²) in [6.07, 6.45) is 2.38. The summed E-state index contributed by atoms with van der Waals surface area (Å²) < 4.78 is 0. The number of hydrogen-bond acceptors (Lipinski definition) is 6. The molecule has 3 amide bonds. The number of anilines is 1. The lowest BCUT2D eigenvalue weighted by molar-refractivity contribution is -0.134. The van der Waals surface area contributed by atoms with Crippen molar-refractivity contribution in [1.29, 1.82) is 0 Å². The van der Waals surface area contributed by atoms with Crippen LogP contribution in [0.25, 0.3) is 0 Å². The zero-order chi connectivity index (χ0) is 22.5. The molecular weight excluding hydrogens is 450 g/mol. The van der Waals surface area contributed by atoms with Gasteiger partial charge in [0.25, 0.3) is 5.91 Å². The first-order valence-electron chi connectivity index (χ1n) is 10.8. The summed E-state index contributed by atoms with van der Waals surface area (Å²) in [5.74, 6) is -0.0668. The van der Waals surface area contributed by atoms with Gasteiger partial charge in [0.15, 0.2) is 5.13 Å². The standard InChI is InChI=1S/C22H26ClN5O3S/c23-17-5-3-16(4-6-17)21(31)25-22-24-18(15-32-22)13-19(29)28-11-9-26(10-12-28)14-20(30)27-7-1-2-8-27/h3-6,15H,1-2,7-14H2,(H,24,25,31). The van der Waals surface area contributed by atoms with Gasteiger partial charge in [-0.25, -0.2) is 4.98 Å². The van der Waals surface area contributed by atoms with Crippen LogP contribution in [0, 0.1) is 0 Å². The van der Waals surface area contributed by atoms with Crippen molar-refractivity contribution >= 4 is 45.8 Å². The Balaban J connectivity index is 1.22. The van der Waals surface area contributed by atoms with Crippen molar-refractivity contribution in [2.45, 2.75) is 19.3 Å². The van der Waals surface area contributed by atoms with E-state index in [2.05, 4.69) is 15.2 Å². The first kappa shape index (κ1) is 22.7. The maximum absolute atomic E-state index is 12.7. The zero-order valence-electron chi connectivity index (χ0n) is 17.8. The number of thiazole rings is 1. The average molecular weight is 476 g/mol. The van der Waals surface area contributed by atoms with E-state index in [1.54, 1.807) is 29.6 Å². The molecule has 0 spiro atoms. The molecule has 170 valence electrons. The van der Waals surface area contributed by atoms with Crippen molar-refractivity contribution in [3.05, 3.63) is 45.9 Å². The summed E-state index contributed by atoms with van der Waals surface area (Å²) >= 11 is 7.15. The molecule has 0 unspecified atom stereocenters. The SMILES string of the molecule is O=C(Nc1nc(CC(=O)N2CCN(CC(=O)N3CCCC3)CC2)cs1)c1ccc(Cl)cc1. The summed E-state index contributed by atoms with van der Waals surface area (Å²) in [4.78, 5) is 47.6. The van der Waals surface area contributed by atoms with Gasteiger partial charge in [-0.2, -0.15) is 0 Å². The second-order valence-corrected chi connectivity index (χ2v) is 9.32. The maximum atomic E-state index is 12.7. The molecule has 2 aromatic rings. The minimum atomic E-state index is -0.270. The topological polar surface area (TPSA) is 85.9 Å². The van der Waals surface area contributed by atoms with Gasteiger partial charge < -0.3 is 9.80 Å². The molecule has 1 aromatic heterocycles. The third-order valence-corrected chi connectivity index (χ3v) is 6.81. The molecule has 0 radical (unpaired) electrons. The van der Waals surface area contributed by atoms with Crippen molar-refractivity contribution in [3.8, 4) is 0 Å². The van der Waals surface area contributed by atoms with Crippen LogP contribution in [0.1, 0.15) is 28.9 Å². The van der Waals surface area contributed by atoms with Crippen LogP contribution in [-0.4, -0.2) is 83.2 Å². The molecule has 10 heteroatoms. The highest BCUT2D eigenvalue weighted by Crippen LogP contribution is 2.19. The molecule has 2 aliphatic rings. The van der Waals surface area contributed by atoms with Crippen LogP contribution in [0.2, 0.25) is 5.02 Å². The Morgan fingerprint density at radius 3 is 2.28 bits per heavy atom. The number of benzene rings is 1. The van der Waals surface area contributed by atoms with Crippen molar-refractivity contribution in [2.24, 2.45) is 0 Å². The van der Waals surface area contributed by atoms with E-state index in [0.29, 0.717) is 54.1 Å². The minimum absolute atomic E-state index is 0.0106. The smallest absolute Gasteiger partial charge is 0.257 e. The third kappa shape index (κ3) is 5.85. The zero-order valence-corrected chi connectivity index (χ0v) is 19.3. The summed E-state index contributed by atoms with van der Waals surface area (Å²) in [5.41, 5.74) is 1.13. The maximum Gasteiger partial charge on any atom is 0.257 e. The molecule has 0 aliphatic carbocycles. The van der Waals surface area contributed by atoms with Crippen LogP contribution in [-0.2, 0) is 16.0 Å². The lowest BCUT2D eigenvalue weighted by Crippen LogP contribution is -2.51. The highest BCUT2D eigenvalue weighted by molar-refractivity contribution is 7.14. The van der Waals surface area contributed by atoms with Crippen molar-refractivity contribution in [2.75, 3.05) is 51.1 Å². The lowest BCUT2D eigenvalue weighted by Gasteiger charge is -2.35. The van der Waals surface area contributed by atoms with Gasteiger partial charge in [-0.3, -0.25) is 24.6 Å². The molecule has 0 atom stereocenters. The summed E-state index contributed by atoms with van der Waals surface area (Å²) in [6, 6.07) is 6.61. The number of hydrogen-bond donors (Lipinski definition) is 1. The molecule has 8 nitrogen and oxygen atoms in total. The van der Waals surface area contributed by atoms with Crippen LogP contribution in [0.15, 0.2) is 29.6 Å². The highest BCUT2D eigenvalue weighted by Gasteiger charge is 2.25. The van der Waals surface area contributed by atoms with Gasteiger partial charge >= 0.3 is 0 Å². The number of likely N-dealkylation sites (tertiary alicyclic amines) is 1. The summed E-state index contributed by atoms with van der Waals surface area (Å²) in [7, 11) is 0. The molecule has 2 fully saturated rings. The van der Waals surface area contributed by atoms with Gasteiger partial charge in [-0.05, 0) is 37.1 Å². The lowest BCUT2D eigenvalue weighted by atomic mass is 10.2. The second-order valence-electron chi connectivity index (χ2n) is 8.03. The number of carbonyl (C=O) groups is 3. The van der Waals surface area contributed by atoms with Gasteiger partial charge in [0.1, 0.15) is 0 Å². The van der Waals surface area contributed by atoms with E-state index < -0.39 is 0 Å². The monoisotopic (exact) mass is 475 g/mol. The molecular formula is C22H26ClN5O3S. The third-order valence-electron chi connectivity index (χ3n) is 5.75. The number of amides is 3. The Labute approximate surface area is 196 Å². The van der Waals surface area contributed by atoms with Crippen molar-refractivity contribution < 1.29 is 14.4 Å². The Bertz CT molecular complexity index is 966. The number of piperazine rings is 1. The fourth-order valence-electron chi connectivity index (χ4n) is 3.90. The molecule has 32 heavy (non-hydrogen) atoms. The molecule has 2 aliphatic heterocycles. The van der Waals surface area contributed by atoms with Gasteiger partial charge in [-0.15, -0.1) is 11.3 Å². The largest absolute Gasteiger partial charge is 0.342 e. The molecule has 1 N–H and O–H groups in total. The second kappa shape index (κ2) is 10.4. The van der Waals surface area contributed by atoms with E-state index in [0.717, 1.165) is 25.9 Å².